The molecule has 0 unspecified atom stereocenters. The molecule has 0 radical (unpaired) electrons. The average molecular weight is 1600 g/mol. The second kappa shape index (κ2) is 26.4. The van der Waals surface area contributed by atoms with Gasteiger partial charge in [-0.2, -0.15) is 0 Å². The van der Waals surface area contributed by atoms with Gasteiger partial charge in [-0.1, -0.05) is 285 Å². The molecule has 0 saturated heterocycles. The average Bonchev–Trinajstić information content (AvgIpc) is 1.23. The minimum Gasteiger partial charge on any atom is -0.309 e. The van der Waals surface area contributed by atoms with Crippen LogP contribution in [0.2, 0.25) is 0 Å². The van der Waals surface area contributed by atoms with Crippen LogP contribution in [0.25, 0.3) is 265 Å². The first-order chi connectivity index (χ1) is 62.5. The molecule has 28 rings (SSSR count). The van der Waals surface area contributed by atoms with E-state index in [1.54, 1.807) is 0 Å². The molecule has 26 aromatic rings. The van der Waals surface area contributed by atoms with E-state index in [1.165, 1.54) is 181 Å². The molecule has 6 heterocycles. The van der Waals surface area contributed by atoms with Crippen molar-refractivity contribution in [3.8, 4) is 134 Å². The molecule has 2 aliphatic carbocycles. The van der Waals surface area contributed by atoms with E-state index in [2.05, 4.69) is 464 Å². The molecule has 0 aliphatic heterocycles. The maximum absolute atomic E-state index is 2.54. The van der Waals surface area contributed by atoms with E-state index in [-0.39, 0.29) is 0 Å². The smallest absolute Gasteiger partial charge is 0.0547 e. The SMILES string of the molecule is c1ccc2c(c1)-c1ccc(-n3c4ccccc4c4ccccc43)cc1-c1ccccc1-c1cc(-n3c4ccccc4c4cc(-n5c6ccccc6c6cc(-c7ccc8c(c7)c7ccccc7n8-c7cccc8c7-c7ccccc7-c7cc(-n9c%10ccccc%10c%10cc(-n%11c%12ccccc%12c%12ccccc%12%11)ccc%109)ccc7-c7ccccc7-8)ccc65)ccc43)ccc1-2. The molecule has 0 saturated carbocycles. The van der Waals surface area contributed by atoms with Gasteiger partial charge in [-0.15, -0.1) is 0 Å². The van der Waals surface area contributed by atoms with Crippen LogP contribution >= 0.6 is 0 Å². The first-order valence-corrected chi connectivity index (χ1v) is 43.6. The Morgan fingerprint density at radius 2 is 0.317 bits per heavy atom. The number of aromatic nitrogens is 6. The fraction of sp³-hybridized carbons (Fsp3) is 0. The van der Waals surface area contributed by atoms with Gasteiger partial charge in [0.15, 0.2) is 0 Å². The van der Waals surface area contributed by atoms with Crippen LogP contribution in [-0.2, 0) is 0 Å². The van der Waals surface area contributed by atoms with Crippen molar-refractivity contribution in [1.82, 2.24) is 27.4 Å². The summed E-state index contributed by atoms with van der Waals surface area (Å²) in [7, 11) is 0. The number of para-hydroxylation sites is 8. The molecule has 6 nitrogen and oxygen atoms in total. The van der Waals surface area contributed by atoms with Gasteiger partial charge in [0.05, 0.1) is 71.9 Å². The highest BCUT2D eigenvalue weighted by Crippen LogP contribution is 2.55. The van der Waals surface area contributed by atoms with Crippen LogP contribution < -0.4 is 0 Å². The summed E-state index contributed by atoms with van der Waals surface area (Å²) < 4.78 is 14.9. The zero-order valence-electron chi connectivity index (χ0n) is 68.3. The summed E-state index contributed by atoms with van der Waals surface area (Å²) >= 11 is 0. The molecule has 582 valence electrons. The maximum Gasteiger partial charge on any atom is 0.0547 e. The monoisotopic (exact) mass is 1600 g/mol. The van der Waals surface area contributed by atoms with Crippen molar-refractivity contribution in [2.45, 2.75) is 0 Å². The minimum atomic E-state index is 1.11. The Labute approximate surface area is 724 Å². The summed E-state index contributed by atoms with van der Waals surface area (Å²) in [6.45, 7) is 0. The summed E-state index contributed by atoms with van der Waals surface area (Å²) in [6.07, 6.45) is 0. The minimum absolute atomic E-state index is 1.11. The van der Waals surface area contributed by atoms with Crippen LogP contribution in [0.4, 0.5) is 0 Å². The summed E-state index contributed by atoms with van der Waals surface area (Å²) in [6, 6.07) is 164. The zero-order chi connectivity index (χ0) is 82.1. The highest BCUT2D eigenvalue weighted by molar-refractivity contribution is 6.19. The van der Waals surface area contributed by atoms with Gasteiger partial charge >= 0.3 is 0 Å². The summed E-state index contributed by atoms with van der Waals surface area (Å²) in [5.74, 6) is 0. The lowest BCUT2D eigenvalue weighted by atomic mass is 9.80. The van der Waals surface area contributed by atoms with Gasteiger partial charge in [-0.05, 0) is 246 Å². The van der Waals surface area contributed by atoms with Crippen molar-refractivity contribution in [3.05, 3.63) is 437 Å². The van der Waals surface area contributed by atoms with Crippen molar-refractivity contribution < 1.29 is 0 Å². The Morgan fingerprint density at radius 3 is 0.651 bits per heavy atom. The van der Waals surface area contributed by atoms with Crippen molar-refractivity contribution >= 4 is 131 Å². The molecule has 126 heavy (non-hydrogen) atoms. The van der Waals surface area contributed by atoms with Crippen LogP contribution in [0.15, 0.2) is 437 Å². The maximum atomic E-state index is 2.54. The van der Waals surface area contributed by atoms with Gasteiger partial charge in [0.1, 0.15) is 0 Å². The molecule has 6 aromatic heterocycles. The Bertz CT molecular complexity index is 9150. The number of rotatable bonds is 7. The highest BCUT2D eigenvalue weighted by atomic mass is 15.0. The fourth-order valence-corrected chi connectivity index (χ4v) is 22.4. The lowest BCUT2D eigenvalue weighted by Gasteiger charge is -2.26. The summed E-state index contributed by atoms with van der Waals surface area (Å²) in [5.41, 5.74) is 42.3. The van der Waals surface area contributed by atoms with Crippen LogP contribution in [0, 0.1) is 0 Å². The molecule has 0 amide bonds. The van der Waals surface area contributed by atoms with Crippen LogP contribution in [0.3, 0.4) is 0 Å². The molecule has 6 heteroatoms. The molecule has 0 fully saturated rings. The molecule has 0 spiro atoms. The normalized spacial score (nSPS) is 12.3. The molecule has 0 atom stereocenters. The molecule has 2 aliphatic rings. The van der Waals surface area contributed by atoms with E-state index in [9.17, 15) is 0 Å². The molecular formula is C120H72N6. The Balaban J connectivity index is 0.552. The molecule has 20 aromatic carbocycles. The van der Waals surface area contributed by atoms with E-state index in [4.69, 9.17) is 0 Å². The molecule has 0 N–H and O–H groups in total. The predicted octanol–water partition coefficient (Wildman–Crippen LogP) is 31.9. The van der Waals surface area contributed by atoms with Gasteiger partial charge < -0.3 is 27.4 Å². The molecule has 0 bridgehead atoms. The van der Waals surface area contributed by atoms with E-state index >= 15 is 0 Å². The van der Waals surface area contributed by atoms with Crippen LogP contribution in [-0.4, -0.2) is 27.4 Å². The number of hydrogen-bond donors (Lipinski definition) is 0. The highest BCUT2D eigenvalue weighted by Gasteiger charge is 2.31. The van der Waals surface area contributed by atoms with Crippen LogP contribution in [0.5, 0.6) is 0 Å². The topological polar surface area (TPSA) is 29.6 Å². The zero-order valence-corrected chi connectivity index (χ0v) is 68.3. The van der Waals surface area contributed by atoms with Crippen molar-refractivity contribution in [3.63, 3.8) is 0 Å². The van der Waals surface area contributed by atoms with Gasteiger partial charge in [0, 0.05) is 98.6 Å². The Hall–Kier alpha value is -16.8. The van der Waals surface area contributed by atoms with Crippen LogP contribution in [0.1, 0.15) is 0 Å². The van der Waals surface area contributed by atoms with E-state index < -0.39 is 0 Å². The predicted molar refractivity (Wildman–Crippen MR) is 529 cm³/mol. The van der Waals surface area contributed by atoms with Gasteiger partial charge in [-0.25, -0.2) is 0 Å². The fourth-order valence-electron chi connectivity index (χ4n) is 22.4. The first-order valence-electron chi connectivity index (χ1n) is 43.6. The second-order valence-corrected chi connectivity index (χ2v) is 34.1. The van der Waals surface area contributed by atoms with E-state index in [1.807, 2.05) is 0 Å². The van der Waals surface area contributed by atoms with Gasteiger partial charge in [0.25, 0.3) is 0 Å². The van der Waals surface area contributed by atoms with Crippen molar-refractivity contribution in [2.24, 2.45) is 0 Å². The van der Waals surface area contributed by atoms with Crippen molar-refractivity contribution in [1.29, 1.82) is 0 Å². The number of hydrogen-bond acceptors (Lipinski definition) is 0. The van der Waals surface area contributed by atoms with Gasteiger partial charge in [-0.3, -0.25) is 0 Å². The van der Waals surface area contributed by atoms with E-state index in [0.717, 1.165) is 83.9 Å². The lowest BCUT2D eigenvalue weighted by molar-refractivity contribution is 1.16. The largest absolute Gasteiger partial charge is 0.309 e. The van der Waals surface area contributed by atoms with E-state index in [0.29, 0.717) is 0 Å². The quantitative estimate of drug-likeness (QED) is 0.152. The summed E-state index contributed by atoms with van der Waals surface area (Å²) in [4.78, 5) is 0. The Morgan fingerprint density at radius 1 is 0.111 bits per heavy atom. The van der Waals surface area contributed by atoms with Crippen molar-refractivity contribution in [2.75, 3.05) is 0 Å². The number of fused-ring (bicyclic) bond motifs is 34. The Kier molecular flexibility index (Phi) is 14.4. The molecular weight excluding hydrogens is 1530 g/mol. The number of nitrogens with zero attached hydrogens (tertiary/aromatic N) is 6. The third kappa shape index (κ3) is 9.75. The number of benzene rings is 20. The second-order valence-electron chi connectivity index (χ2n) is 34.1. The third-order valence-corrected chi connectivity index (χ3v) is 27.7. The lowest BCUT2D eigenvalue weighted by Crippen LogP contribution is -2.03. The van der Waals surface area contributed by atoms with Gasteiger partial charge in [0.2, 0.25) is 0 Å². The third-order valence-electron chi connectivity index (χ3n) is 27.7. The summed E-state index contributed by atoms with van der Waals surface area (Å²) in [5, 5.41) is 14.7. The standard InChI is InChI=1S/C120H72N6/c1-2-27-81-80(26-1)87-59-54-75(121-107-43-17-9-33-90(107)91-34-10-18-44-108(91)121)68-100(87)84-30-5-6-31-85(84)101-69-76(55-60-88(81)101)123-112-48-22-15-40-97(112)106-72-79(58-65-117(106)123)125-111-47-21-13-37-94(111)103-66-73(52-62-115(103)125)74-53-63-118-104(67-74)95-38-16-24-50-114(95)126(118)119-51-25-42-99-83-29-4-3-28-82(83)89-61-56-77(70-102(89)86-32-7-8-41-98(86)120(99)119)124-113-49-23-14-39-96(113)105-71-78(57-64-116(105)124)122-109-45-19-11-35-92(109)93-36-12-20-46-110(93)122/h1-72H. The first kappa shape index (κ1) is 68.9.